The smallest absolute Gasteiger partial charge is 0.226 e. The number of rotatable bonds is 3. The van der Waals surface area contributed by atoms with E-state index in [4.69, 9.17) is 18.0 Å². The average Bonchev–Trinajstić information content (AvgIpc) is 2.93. The minimum Gasteiger partial charge on any atom is -0.392 e. The maximum absolute atomic E-state index is 12.8. The molecule has 1 saturated heterocycles. The number of hydrogen-bond donors (Lipinski definition) is 1. The summed E-state index contributed by atoms with van der Waals surface area (Å²) < 4.78 is -0.0788. The highest BCUT2D eigenvalue weighted by Crippen LogP contribution is 2.69. The third-order valence-electron chi connectivity index (χ3n) is 6.74. The summed E-state index contributed by atoms with van der Waals surface area (Å²) in [5.74, 6) is 4.07. The molecule has 1 heterocycles. The van der Waals surface area contributed by atoms with E-state index in [1.54, 1.807) is 11.8 Å². The van der Waals surface area contributed by atoms with E-state index < -0.39 is 0 Å². The Morgan fingerprint density at radius 3 is 2.29 bits per heavy atom. The Hall–Kier alpha value is -0.290. The molecular weight excluding hydrogens is 300 g/mol. The predicted molar refractivity (Wildman–Crippen MR) is 90.1 cm³/mol. The first-order valence-corrected chi connectivity index (χ1v) is 9.84. The van der Waals surface area contributed by atoms with E-state index >= 15 is 0 Å². The summed E-state index contributed by atoms with van der Waals surface area (Å²) in [6, 6.07) is 0. The second-order valence-corrected chi connectivity index (χ2v) is 9.03. The molecule has 5 heteroatoms. The van der Waals surface area contributed by atoms with Crippen molar-refractivity contribution in [2.24, 2.45) is 35.3 Å². The van der Waals surface area contributed by atoms with Crippen LogP contribution in [0.3, 0.4) is 0 Å². The van der Waals surface area contributed by atoms with Gasteiger partial charge in [-0.05, 0) is 62.0 Å². The summed E-state index contributed by atoms with van der Waals surface area (Å²) in [5, 5.41) is 0. The van der Waals surface area contributed by atoms with Gasteiger partial charge in [0, 0.05) is 19.0 Å². The molecule has 4 unspecified atom stereocenters. The van der Waals surface area contributed by atoms with Gasteiger partial charge in [0.25, 0.3) is 0 Å². The van der Waals surface area contributed by atoms with Crippen molar-refractivity contribution in [1.82, 2.24) is 4.90 Å². The molecule has 4 rings (SSSR count). The van der Waals surface area contributed by atoms with E-state index in [9.17, 15) is 4.79 Å². The Morgan fingerprint density at radius 2 is 1.81 bits per heavy atom. The van der Waals surface area contributed by atoms with Crippen LogP contribution in [-0.4, -0.2) is 39.9 Å². The van der Waals surface area contributed by atoms with Crippen molar-refractivity contribution >= 4 is 34.9 Å². The van der Waals surface area contributed by atoms with Crippen LogP contribution in [0, 0.1) is 29.6 Å². The van der Waals surface area contributed by atoms with Crippen molar-refractivity contribution < 1.29 is 4.79 Å². The van der Waals surface area contributed by atoms with Crippen molar-refractivity contribution in [2.75, 3.05) is 19.3 Å². The fourth-order valence-electron chi connectivity index (χ4n) is 5.51. The van der Waals surface area contributed by atoms with Gasteiger partial charge < -0.3 is 10.6 Å². The summed E-state index contributed by atoms with van der Waals surface area (Å²) in [4.78, 5) is 15.5. The zero-order chi connectivity index (χ0) is 14.8. The second kappa shape index (κ2) is 4.85. The molecule has 0 aromatic heterocycles. The summed E-state index contributed by atoms with van der Waals surface area (Å²) >= 11 is 7.02. The zero-order valence-corrected chi connectivity index (χ0v) is 14.2. The lowest BCUT2D eigenvalue weighted by atomic mass is 9.94. The lowest BCUT2D eigenvalue weighted by Crippen LogP contribution is -2.51. The van der Waals surface area contributed by atoms with Crippen LogP contribution in [0.15, 0.2) is 0 Å². The number of nitrogens with two attached hydrogens (primary N) is 1. The second-order valence-electron chi connectivity index (χ2n) is 7.40. The number of fused-ring (bicyclic) bond motifs is 5. The fraction of sp³-hybridized carbons (Fsp3) is 0.875. The van der Waals surface area contributed by atoms with Crippen LogP contribution in [0.25, 0.3) is 0 Å². The van der Waals surface area contributed by atoms with Crippen molar-refractivity contribution in [2.45, 2.75) is 36.9 Å². The molecule has 1 amide bonds. The minimum absolute atomic E-state index is 0.0788. The number of thiocarbonyl (C=S) groups is 1. The molecule has 4 aliphatic rings. The zero-order valence-electron chi connectivity index (χ0n) is 12.6. The number of hydrogen-bond acceptors (Lipinski definition) is 3. The largest absolute Gasteiger partial charge is 0.392 e. The van der Waals surface area contributed by atoms with E-state index in [0.29, 0.717) is 16.8 Å². The Morgan fingerprint density at radius 1 is 1.24 bits per heavy atom. The Balaban J connectivity index is 1.39. The summed E-state index contributed by atoms with van der Waals surface area (Å²) in [7, 11) is 0. The molecule has 2 N–H and O–H groups in total. The van der Waals surface area contributed by atoms with Crippen LogP contribution in [0.4, 0.5) is 0 Å². The highest BCUT2D eigenvalue weighted by atomic mass is 32.2. The summed E-state index contributed by atoms with van der Waals surface area (Å²) in [5.41, 5.74) is 5.93. The van der Waals surface area contributed by atoms with E-state index in [1.807, 2.05) is 0 Å². The molecule has 3 nitrogen and oxygen atoms in total. The highest BCUT2D eigenvalue weighted by Gasteiger charge is 2.68. The molecule has 0 radical (unpaired) electrons. The predicted octanol–water partition coefficient (Wildman–Crippen LogP) is 2.29. The molecule has 4 atom stereocenters. The van der Waals surface area contributed by atoms with E-state index in [1.165, 1.54) is 19.3 Å². The van der Waals surface area contributed by atoms with Gasteiger partial charge in [-0.2, -0.15) is 11.8 Å². The van der Waals surface area contributed by atoms with Gasteiger partial charge in [0.1, 0.15) is 0 Å². The van der Waals surface area contributed by atoms with Gasteiger partial charge in [-0.3, -0.25) is 4.79 Å². The van der Waals surface area contributed by atoms with Crippen LogP contribution in [-0.2, 0) is 4.79 Å². The average molecular weight is 325 g/mol. The third-order valence-corrected chi connectivity index (χ3v) is 8.67. The van der Waals surface area contributed by atoms with E-state index in [0.717, 1.165) is 49.6 Å². The number of thioether (sulfide) groups is 1. The first-order valence-electron chi connectivity index (χ1n) is 8.21. The monoisotopic (exact) mass is 324 g/mol. The molecule has 3 saturated carbocycles. The van der Waals surface area contributed by atoms with E-state index in [-0.39, 0.29) is 4.75 Å². The Kier molecular flexibility index (Phi) is 3.31. The SMILES string of the molecule is CSC1(C(N)=S)CCN(C(=O)C2C3C4CCC(C4)C23)CC1. The molecule has 21 heavy (non-hydrogen) atoms. The van der Waals surface area contributed by atoms with Gasteiger partial charge in [0.15, 0.2) is 0 Å². The lowest BCUT2D eigenvalue weighted by molar-refractivity contribution is -0.134. The van der Waals surface area contributed by atoms with Crippen molar-refractivity contribution in [3.63, 3.8) is 0 Å². The number of carbonyl (C=O) groups is 1. The standard InChI is InChI=1S/C16H24N2OS2/c1-21-16(15(17)20)4-6-18(7-5-16)14(19)13-11-9-2-3-10(8-9)12(11)13/h9-13H,2-8H2,1H3,(H2,17,20). The van der Waals surface area contributed by atoms with Crippen LogP contribution < -0.4 is 5.73 Å². The van der Waals surface area contributed by atoms with Crippen LogP contribution in [0.1, 0.15) is 32.1 Å². The van der Waals surface area contributed by atoms with Gasteiger partial charge in [0.05, 0.1) is 9.74 Å². The summed E-state index contributed by atoms with van der Waals surface area (Å²) in [6.07, 6.45) is 8.10. The molecule has 3 aliphatic carbocycles. The topological polar surface area (TPSA) is 46.3 Å². The first kappa shape index (κ1) is 14.3. The molecule has 0 aromatic carbocycles. The van der Waals surface area contributed by atoms with Gasteiger partial charge >= 0.3 is 0 Å². The fourth-order valence-corrected chi connectivity index (χ4v) is 6.75. The van der Waals surface area contributed by atoms with Gasteiger partial charge in [0.2, 0.25) is 5.91 Å². The Bertz CT molecular complexity index is 471. The molecule has 0 spiro atoms. The maximum Gasteiger partial charge on any atom is 0.226 e. The molecular formula is C16H24N2OS2. The Labute approximate surface area is 136 Å². The highest BCUT2D eigenvalue weighted by molar-refractivity contribution is 8.02. The number of likely N-dealkylation sites (tertiary alicyclic amines) is 1. The van der Waals surface area contributed by atoms with Crippen molar-refractivity contribution in [3.05, 3.63) is 0 Å². The normalized spacial score (nSPS) is 42.7. The van der Waals surface area contributed by atoms with Crippen molar-refractivity contribution in [3.8, 4) is 0 Å². The lowest BCUT2D eigenvalue weighted by Gasteiger charge is -2.40. The van der Waals surface area contributed by atoms with Crippen molar-refractivity contribution in [1.29, 1.82) is 0 Å². The number of piperidine rings is 1. The molecule has 2 bridgehead atoms. The van der Waals surface area contributed by atoms with E-state index in [2.05, 4.69) is 11.2 Å². The molecule has 4 fully saturated rings. The number of carbonyl (C=O) groups excluding carboxylic acids is 1. The molecule has 116 valence electrons. The molecule has 0 aromatic rings. The van der Waals surface area contributed by atoms with Crippen LogP contribution in [0.5, 0.6) is 0 Å². The van der Waals surface area contributed by atoms with Crippen LogP contribution >= 0.6 is 24.0 Å². The van der Waals surface area contributed by atoms with Gasteiger partial charge in [-0.1, -0.05) is 12.2 Å². The first-order chi connectivity index (χ1) is 10.1. The minimum atomic E-state index is -0.0788. The maximum atomic E-state index is 12.8. The molecule has 1 aliphatic heterocycles. The quantitative estimate of drug-likeness (QED) is 0.809. The van der Waals surface area contributed by atoms with Gasteiger partial charge in [-0.25, -0.2) is 0 Å². The van der Waals surface area contributed by atoms with Gasteiger partial charge in [-0.15, -0.1) is 0 Å². The summed E-state index contributed by atoms with van der Waals surface area (Å²) in [6.45, 7) is 1.67. The number of amides is 1. The van der Waals surface area contributed by atoms with Crippen LogP contribution in [0.2, 0.25) is 0 Å². The number of nitrogens with zero attached hydrogens (tertiary/aromatic N) is 1. The third kappa shape index (κ3) is 1.99.